The van der Waals surface area contributed by atoms with Gasteiger partial charge in [0.1, 0.15) is 12.1 Å². The van der Waals surface area contributed by atoms with Crippen molar-refractivity contribution < 1.29 is 9.59 Å². The first-order chi connectivity index (χ1) is 10.5. The molecule has 22 heavy (non-hydrogen) atoms. The highest BCUT2D eigenvalue weighted by atomic mass is 16.2. The largest absolute Gasteiger partial charge is 0.338 e. The molecule has 3 rings (SSSR count). The normalized spacial score (nSPS) is 21.2. The summed E-state index contributed by atoms with van der Waals surface area (Å²) in [6.45, 7) is 3.97. The van der Waals surface area contributed by atoms with Gasteiger partial charge in [0.15, 0.2) is 0 Å². The Hall–Kier alpha value is -2.62. The summed E-state index contributed by atoms with van der Waals surface area (Å²) in [6, 6.07) is 13.9. The fourth-order valence-electron chi connectivity index (χ4n) is 2.57. The zero-order valence-corrected chi connectivity index (χ0v) is 12.6. The number of nitrogens with one attached hydrogen (secondary N) is 2. The van der Waals surface area contributed by atoms with Crippen LogP contribution < -0.4 is 10.6 Å². The van der Waals surface area contributed by atoms with E-state index in [1.807, 2.05) is 62.4 Å². The summed E-state index contributed by atoms with van der Waals surface area (Å²) < 4.78 is 0. The molecule has 0 bridgehead atoms. The quantitative estimate of drug-likeness (QED) is 0.893. The Morgan fingerprint density at radius 1 is 0.636 bits per heavy atom. The summed E-state index contributed by atoms with van der Waals surface area (Å²) in [7, 11) is 0. The van der Waals surface area contributed by atoms with Crippen LogP contribution in [-0.4, -0.2) is 11.8 Å². The molecule has 2 N–H and O–H groups in total. The molecule has 112 valence electrons. The van der Waals surface area contributed by atoms with Gasteiger partial charge in [-0.3, -0.25) is 9.59 Å². The number of benzene rings is 2. The molecule has 0 spiro atoms. The van der Waals surface area contributed by atoms with Crippen molar-refractivity contribution in [3.05, 3.63) is 70.8 Å². The van der Waals surface area contributed by atoms with Crippen LogP contribution in [0.5, 0.6) is 0 Å². The summed E-state index contributed by atoms with van der Waals surface area (Å²) in [5.74, 6) is -0.372. The molecule has 1 aliphatic rings. The predicted molar refractivity (Wildman–Crippen MR) is 84.1 cm³/mol. The second-order valence-corrected chi connectivity index (χ2v) is 5.70. The van der Waals surface area contributed by atoms with Crippen molar-refractivity contribution in [1.82, 2.24) is 10.6 Å². The maximum atomic E-state index is 12.4. The summed E-state index contributed by atoms with van der Waals surface area (Å²) in [5, 5.41) is 5.63. The lowest BCUT2D eigenvalue weighted by molar-refractivity contribution is -0.137. The maximum absolute atomic E-state index is 12.4. The standard InChI is InChI=1S/C18H18N2O2/c1-11-3-7-13(8-4-11)15-17(21)20-16(18(22)19-15)14-9-5-12(2)6-10-14/h3-10,15-16H,1-2H3,(H,19,22)(H,20,21). The topological polar surface area (TPSA) is 58.2 Å². The molecule has 0 radical (unpaired) electrons. The SMILES string of the molecule is Cc1ccc(C2NC(=O)C(c3ccc(C)cc3)NC2=O)cc1. The van der Waals surface area contributed by atoms with Gasteiger partial charge < -0.3 is 10.6 Å². The second kappa shape index (κ2) is 5.64. The number of aryl methyl sites for hydroxylation is 2. The average Bonchev–Trinajstić information content (AvgIpc) is 2.51. The van der Waals surface area contributed by atoms with Gasteiger partial charge in [-0.05, 0) is 25.0 Å². The molecule has 1 fully saturated rings. The van der Waals surface area contributed by atoms with Crippen molar-refractivity contribution in [2.75, 3.05) is 0 Å². The van der Waals surface area contributed by atoms with Crippen LogP contribution in [0.25, 0.3) is 0 Å². The van der Waals surface area contributed by atoms with E-state index in [2.05, 4.69) is 10.6 Å². The third kappa shape index (κ3) is 2.72. The fraction of sp³-hybridized carbons (Fsp3) is 0.222. The molecule has 2 unspecified atom stereocenters. The van der Waals surface area contributed by atoms with Gasteiger partial charge in [0.2, 0.25) is 11.8 Å². The lowest BCUT2D eigenvalue weighted by Gasteiger charge is -2.30. The Morgan fingerprint density at radius 2 is 0.955 bits per heavy atom. The van der Waals surface area contributed by atoms with E-state index >= 15 is 0 Å². The van der Waals surface area contributed by atoms with Crippen molar-refractivity contribution in [3.63, 3.8) is 0 Å². The minimum atomic E-state index is -0.630. The molecular formula is C18H18N2O2. The molecule has 4 nitrogen and oxygen atoms in total. The third-order valence-electron chi connectivity index (χ3n) is 3.92. The first kappa shape index (κ1) is 14.3. The van der Waals surface area contributed by atoms with Gasteiger partial charge in [0, 0.05) is 0 Å². The van der Waals surface area contributed by atoms with Gasteiger partial charge in [0.25, 0.3) is 0 Å². The second-order valence-electron chi connectivity index (χ2n) is 5.70. The van der Waals surface area contributed by atoms with Crippen LogP contribution in [0.2, 0.25) is 0 Å². The van der Waals surface area contributed by atoms with Gasteiger partial charge in [-0.25, -0.2) is 0 Å². The molecule has 2 aromatic rings. The molecular weight excluding hydrogens is 276 g/mol. The number of hydrogen-bond acceptors (Lipinski definition) is 2. The van der Waals surface area contributed by atoms with Crippen LogP contribution >= 0.6 is 0 Å². The van der Waals surface area contributed by atoms with Crippen LogP contribution in [0.4, 0.5) is 0 Å². The van der Waals surface area contributed by atoms with Crippen molar-refractivity contribution in [2.24, 2.45) is 0 Å². The van der Waals surface area contributed by atoms with Crippen molar-refractivity contribution in [2.45, 2.75) is 25.9 Å². The van der Waals surface area contributed by atoms with E-state index in [-0.39, 0.29) is 11.8 Å². The third-order valence-corrected chi connectivity index (χ3v) is 3.92. The number of hydrogen-bond donors (Lipinski definition) is 2. The number of rotatable bonds is 2. The Balaban J connectivity index is 1.82. The van der Waals surface area contributed by atoms with Crippen LogP contribution in [0.15, 0.2) is 48.5 Å². The zero-order chi connectivity index (χ0) is 15.7. The van der Waals surface area contributed by atoms with Crippen molar-refractivity contribution in [3.8, 4) is 0 Å². The van der Waals surface area contributed by atoms with Crippen LogP contribution in [0, 0.1) is 13.8 Å². The van der Waals surface area contributed by atoms with Crippen LogP contribution in [-0.2, 0) is 9.59 Å². The molecule has 0 aromatic heterocycles. The predicted octanol–water partition coefficient (Wildman–Crippen LogP) is 2.33. The lowest BCUT2D eigenvalue weighted by Crippen LogP contribution is -2.52. The minimum Gasteiger partial charge on any atom is -0.338 e. The molecule has 1 heterocycles. The zero-order valence-electron chi connectivity index (χ0n) is 12.6. The number of amides is 2. The molecule has 2 amide bonds. The van der Waals surface area contributed by atoms with Crippen molar-refractivity contribution >= 4 is 11.8 Å². The van der Waals surface area contributed by atoms with E-state index < -0.39 is 12.1 Å². The summed E-state index contributed by atoms with van der Waals surface area (Å²) in [6.07, 6.45) is 0. The Labute approximate surface area is 129 Å². The van der Waals surface area contributed by atoms with Gasteiger partial charge in [-0.15, -0.1) is 0 Å². The highest BCUT2D eigenvalue weighted by molar-refractivity contribution is 5.98. The van der Waals surface area contributed by atoms with Crippen LogP contribution in [0.3, 0.4) is 0 Å². The van der Waals surface area contributed by atoms with E-state index in [1.165, 1.54) is 0 Å². The number of piperazine rings is 1. The highest BCUT2D eigenvalue weighted by Crippen LogP contribution is 2.23. The number of carbonyl (C=O) groups is 2. The summed E-state index contributed by atoms with van der Waals surface area (Å²) >= 11 is 0. The van der Waals surface area contributed by atoms with Gasteiger partial charge in [-0.2, -0.15) is 0 Å². The van der Waals surface area contributed by atoms with E-state index in [1.54, 1.807) is 0 Å². The Kier molecular flexibility index (Phi) is 3.67. The minimum absolute atomic E-state index is 0.186. The Bertz CT molecular complexity index is 641. The molecule has 0 saturated carbocycles. The average molecular weight is 294 g/mol. The van der Waals surface area contributed by atoms with Crippen molar-refractivity contribution in [1.29, 1.82) is 0 Å². The summed E-state index contributed by atoms with van der Waals surface area (Å²) in [4.78, 5) is 24.7. The highest BCUT2D eigenvalue weighted by Gasteiger charge is 2.35. The molecule has 0 aliphatic carbocycles. The fourth-order valence-corrected chi connectivity index (χ4v) is 2.57. The molecule has 4 heteroatoms. The molecule has 1 aliphatic heterocycles. The first-order valence-electron chi connectivity index (χ1n) is 7.28. The molecule has 2 atom stereocenters. The smallest absolute Gasteiger partial charge is 0.248 e. The maximum Gasteiger partial charge on any atom is 0.248 e. The van der Waals surface area contributed by atoms with E-state index in [0.717, 1.165) is 22.3 Å². The Morgan fingerprint density at radius 3 is 1.27 bits per heavy atom. The number of carbonyl (C=O) groups excluding carboxylic acids is 2. The molecule has 2 aromatic carbocycles. The monoisotopic (exact) mass is 294 g/mol. The summed E-state index contributed by atoms with van der Waals surface area (Å²) in [5.41, 5.74) is 3.81. The van der Waals surface area contributed by atoms with Gasteiger partial charge >= 0.3 is 0 Å². The van der Waals surface area contributed by atoms with E-state index in [9.17, 15) is 9.59 Å². The van der Waals surface area contributed by atoms with Crippen LogP contribution in [0.1, 0.15) is 34.3 Å². The van der Waals surface area contributed by atoms with Gasteiger partial charge in [0.05, 0.1) is 0 Å². The van der Waals surface area contributed by atoms with E-state index in [0.29, 0.717) is 0 Å². The van der Waals surface area contributed by atoms with E-state index in [4.69, 9.17) is 0 Å². The lowest BCUT2D eigenvalue weighted by atomic mass is 9.97. The first-order valence-corrected chi connectivity index (χ1v) is 7.28. The van der Waals surface area contributed by atoms with Gasteiger partial charge in [-0.1, -0.05) is 59.7 Å². The molecule has 1 saturated heterocycles.